The van der Waals surface area contributed by atoms with Gasteiger partial charge in [-0.15, -0.1) is 0 Å². The van der Waals surface area contributed by atoms with Crippen LogP contribution in [-0.2, 0) is 0 Å². The second kappa shape index (κ2) is 9.02. The second-order valence-corrected chi connectivity index (χ2v) is 7.63. The Hall–Kier alpha value is -5.12. The van der Waals surface area contributed by atoms with Gasteiger partial charge in [-0.3, -0.25) is 20.4 Å². The van der Waals surface area contributed by atoms with Gasteiger partial charge in [0, 0.05) is 6.20 Å². The van der Waals surface area contributed by atoms with Gasteiger partial charge in [0.25, 0.3) is 11.8 Å². The number of nitrogens with zero attached hydrogens (tertiary/aromatic N) is 4. The van der Waals surface area contributed by atoms with Gasteiger partial charge in [0.15, 0.2) is 17.2 Å². The number of para-hydroxylation sites is 2. The molecule has 10 heteroatoms. The molecule has 0 saturated carbocycles. The van der Waals surface area contributed by atoms with Crippen molar-refractivity contribution in [1.29, 1.82) is 0 Å². The molecule has 0 unspecified atom stereocenters. The van der Waals surface area contributed by atoms with Crippen molar-refractivity contribution in [3.63, 3.8) is 0 Å². The van der Waals surface area contributed by atoms with Crippen molar-refractivity contribution >= 4 is 11.8 Å². The Bertz CT molecular complexity index is 1500. The Morgan fingerprint density at radius 1 is 0.800 bits per heavy atom. The summed E-state index contributed by atoms with van der Waals surface area (Å²) in [7, 11) is 0. The van der Waals surface area contributed by atoms with Gasteiger partial charge < -0.3 is 9.52 Å². The largest absolute Gasteiger partial charge is 0.504 e. The second-order valence-electron chi connectivity index (χ2n) is 7.63. The van der Waals surface area contributed by atoms with Gasteiger partial charge in [-0.1, -0.05) is 36.4 Å². The molecule has 35 heavy (non-hydrogen) atoms. The topological polar surface area (TPSA) is 127 Å². The van der Waals surface area contributed by atoms with Crippen molar-refractivity contribution in [3.05, 3.63) is 102 Å². The molecule has 5 aromatic rings. The first-order valence-electron chi connectivity index (χ1n) is 10.7. The highest BCUT2D eigenvalue weighted by Crippen LogP contribution is 2.26. The summed E-state index contributed by atoms with van der Waals surface area (Å²) in [5, 5.41) is 18.8. The van der Waals surface area contributed by atoms with E-state index in [-0.39, 0.29) is 17.0 Å². The third-order valence-corrected chi connectivity index (χ3v) is 5.17. The number of amides is 2. The van der Waals surface area contributed by atoms with Gasteiger partial charge in [-0.2, -0.15) is 10.2 Å². The van der Waals surface area contributed by atoms with Crippen molar-refractivity contribution in [2.45, 2.75) is 6.92 Å². The molecule has 3 N–H and O–H groups in total. The van der Waals surface area contributed by atoms with Crippen LogP contribution in [0.15, 0.2) is 89.6 Å². The van der Waals surface area contributed by atoms with Crippen LogP contribution in [0, 0.1) is 6.92 Å². The maximum Gasteiger partial charge on any atom is 0.294 e. The molecule has 0 spiro atoms. The number of rotatable bonds is 5. The number of hydrogen-bond donors (Lipinski definition) is 3. The molecule has 2 amide bonds. The summed E-state index contributed by atoms with van der Waals surface area (Å²) in [6.07, 6.45) is 2.86. The number of carbonyl (C=O) groups is 2. The molecule has 0 aliphatic heterocycles. The average Bonchev–Trinajstić information content (AvgIpc) is 3.61. The van der Waals surface area contributed by atoms with Crippen molar-refractivity contribution in [2.75, 3.05) is 0 Å². The number of aromatic nitrogens is 4. The number of nitrogens with one attached hydrogen (secondary N) is 2. The minimum atomic E-state index is -0.781. The summed E-state index contributed by atoms with van der Waals surface area (Å²) in [4.78, 5) is 25.7. The van der Waals surface area contributed by atoms with Gasteiger partial charge in [-0.25, -0.2) is 9.36 Å². The minimum Gasteiger partial charge on any atom is -0.504 e. The average molecular weight is 468 g/mol. The SMILES string of the molecule is Cc1ccc(-c2nn(-c3ccccc3)cc2C(=O)NNC(=O)c2nn(-c3ccccc3)cc2O)o1. The lowest BCUT2D eigenvalue weighted by atomic mass is 10.2. The van der Waals surface area contributed by atoms with Crippen LogP contribution in [0.25, 0.3) is 22.8 Å². The molecule has 174 valence electrons. The number of carbonyl (C=O) groups excluding carboxylic acids is 2. The van der Waals surface area contributed by atoms with Crippen molar-refractivity contribution in [1.82, 2.24) is 30.4 Å². The Labute approximate surface area is 199 Å². The van der Waals surface area contributed by atoms with Crippen LogP contribution in [0.2, 0.25) is 0 Å². The molecule has 0 radical (unpaired) electrons. The molecule has 2 aromatic carbocycles. The molecular weight excluding hydrogens is 448 g/mol. The molecule has 3 aromatic heterocycles. The maximum atomic E-state index is 13.0. The smallest absolute Gasteiger partial charge is 0.294 e. The van der Waals surface area contributed by atoms with E-state index in [0.717, 1.165) is 5.69 Å². The Kier molecular flexibility index (Phi) is 5.60. The quantitative estimate of drug-likeness (QED) is 0.339. The Morgan fingerprint density at radius 2 is 1.40 bits per heavy atom. The van der Waals surface area contributed by atoms with Gasteiger partial charge >= 0.3 is 0 Å². The number of hydrazine groups is 1. The normalized spacial score (nSPS) is 10.8. The number of furan rings is 1. The van der Waals surface area contributed by atoms with Crippen LogP contribution in [0.3, 0.4) is 0 Å². The fraction of sp³-hybridized carbons (Fsp3) is 0.0400. The summed E-state index contributed by atoms with van der Waals surface area (Å²) >= 11 is 0. The van der Waals surface area contributed by atoms with E-state index in [4.69, 9.17) is 4.42 Å². The first-order chi connectivity index (χ1) is 17.0. The highest BCUT2D eigenvalue weighted by Gasteiger charge is 2.23. The van der Waals surface area contributed by atoms with Gasteiger partial charge in [0.1, 0.15) is 11.5 Å². The van der Waals surface area contributed by atoms with Crippen LogP contribution in [-0.4, -0.2) is 36.5 Å². The highest BCUT2D eigenvalue weighted by molar-refractivity contribution is 6.02. The summed E-state index contributed by atoms with van der Waals surface area (Å²) < 4.78 is 8.60. The monoisotopic (exact) mass is 468 g/mol. The molecule has 10 nitrogen and oxygen atoms in total. The predicted octanol–water partition coefficient (Wildman–Crippen LogP) is 3.41. The zero-order valence-corrected chi connectivity index (χ0v) is 18.5. The standard InChI is InChI=1S/C25H20N6O4/c1-16-12-13-21(35-16)22-19(14-30(28-22)17-8-4-2-5-9-17)24(33)26-27-25(34)23-20(32)15-31(29-23)18-10-6-3-7-11-18/h2-15,32H,1H3,(H,26,33)(H,27,34). The Morgan fingerprint density at radius 3 is 2.00 bits per heavy atom. The van der Waals surface area contributed by atoms with Gasteiger partial charge in [-0.05, 0) is 43.3 Å². The molecule has 0 aliphatic carbocycles. The number of hydrogen-bond acceptors (Lipinski definition) is 6. The first-order valence-corrected chi connectivity index (χ1v) is 10.7. The molecule has 0 bridgehead atoms. The first kappa shape index (κ1) is 21.7. The molecule has 3 heterocycles. The van der Waals surface area contributed by atoms with Crippen LogP contribution in [0.4, 0.5) is 0 Å². The highest BCUT2D eigenvalue weighted by atomic mass is 16.3. The fourth-order valence-corrected chi connectivity index (χ4v) is 3.48. The fourth-order valence-electron chi connectivity index (χ4n) is 3.48. The zero-order chi connectivity index (χ0) is 24.4. The van der Waals surface area contributed by atoms with Crippen LogP contribution >= 0.6 is 0 Å². The number of benzene rings is 2. The van der Waals surface area contributed by atoms with E-state index in [0.29, 0.717) is 22.9 Å². The third-order valence-electron chi connectivity index (χ3n) is 5.17. The summed E-state index contributed by atoms with van der Waals surface area (Å²) in [5.41, 5.74) is 6.32. The summed E-state index contributed by atoms with van der Waals surface area (Å²) in [6, 6.07) is 21.8. The van der Waals surface area contributed by atoms with Crippen molar-refractivity contribution < 1.29 is 19.1 Å². The van der Waals surface area contributed by atoms with Crippen LogP contribution in [0.1, 0.15) is 26.6 Å². The lowest BCUT2D eigenvalue weighted by Crippen LogP contribution is -2.42. The number of aromatic hydroxyl groups is 1. The van der Waals surface area contributed by atoms with Crippen molar-refractivity contribution in [3.8, 4) is 28.6 Å². The maximum absolute atomic E-state index is 13.0. The van der Waals surface area contributed by atoms with E-state index < -0.39 is 11.8 Å². The van der Waals surface area contributed by atoms with E-state index in [1.165, 1.54) is 10.9 Å². The third kappa shape index (κ3) is 4.40. The molecular formula is C25H20N6O4. The van der Waals surface area contributed by atoms with E-state index in [1.807, 2.05) is 48.5 Å². The lowest BCUT2D eigenvalue weighted by molar-refractivity contribution is 0.0842. The molecule has 0 fully saturated rings. The summed E-state index contributed by atoms with van der Waals surface area (Å²) in [6.45, 7) is 1.79. The van der Waals surface area contributed by atoms with Crippen LogP contribution < -0.4 is 10.9 Å². The van der Waals surface area contributed by atoms with Gasteiger partial charge in [0.2, 0.25) is 0 Å². The molecule has 5 rings (SSSR count). The Balaban J connectivity index is 1.38. The van der Waals surface area contributed by atoms with E-state index in [1.54, 1.807) is 42.1 Å². The summed E-state index contributed by atoms with van der Waals surface area (Å²) in [5.74, 6) is -0.654. The minimum absolute atomic E-state index is 0.183. The van der Waals surface area contributed by atoms with E-state index in [9.17, 15) is 14.7 Å². The lowest BCUT2D eigenvalue weighted by Gasteiger charge is -2.06. The van der Waals surface area contributed by atoms with E-state index >= 15 is 0 Å². The van der Waals surface area contributed by atoms with Gasteiger partial charge in [0.05, 0.1) is 23.1 Å². The number of aryl methyl sites for hydroxylation is 1. The zero-order valence-electron chi connectivity index (χ0n) is 18.5. The van der Waals surface area contributed by atoms with Crippen LogP contribution in [0.5, 0.6) is 5.75 Å². The predicted molar refractivity (Wildman–Crippen MR) is 126 cm³/mol. The van der Waals surface area contributed by atoms with E-state index in [2.05, 4.69) is 21.0 Å². The molecule has 0 atom stereocenters. The molecule has 0 saturated heterocycles. The molecule has 0 aliphatic rings. The van der Waals surface area contributed by atoms with Crippen molar-refractivity contribution in [2.24, 2.45) is 0 Å².